The third kappa shape index (κ3) is 3.33. The van der Waals surface area contributed by atoms with Crippen LogP contribution < -0.4 is 5.73 Å². The topological polar surface area (TPSA) is 43.8 Å². The number of benzene rings is 2. The fraction of sp³-hybridized carbons (Fsp3) is 0.118. The summed E-state index contributed by atoms with van der Waals surface area (Å²) < 4.78 is 3.26. The molecule has 0 aliphatic heterocycles. The van der Waals surface area contributed by atoms with Crippen molar-refractivity contribution in [3.8, 4) is 5.69 Å². The van der Waals surface area contributed by atoms with Crippen molar-refractivity contribution in [3.63, 3.8) is 0 Å². The molecular formula is C17H16IN3. The molecule has 0 aliphatic rings. The number of nitrogens with zero attached hydrogens (tertiary/aromatic N) is 2. The smallest absolute Gasteiger partial charge is 0.0994 e. The van der Waals surface area contributed by atoms with Crippen molar-refractivity contribution in [1.29, 1.82) is 0 Å². The van der Waals surface area contributed by atoms with Crippen molar-refractivity contribution < 1.29 is 0 Å². The minimum Gasteiger partial charge on any atom is -0.322 e. The van der Waals surface area contributed by atoms with Crippen molar-refractivity contribution in [2.75, 3.05) is 0 Å². The van der Waals surface area contributed by atoms with Gasteiger partial charge in [-0.15, -0.1) is 0 Å². The fourth-order valence-electron chi connectivity index (χ4n) is 2.39. The fourth-order valence-corrected chi connectivity index (χ4v) is 2.92. The van der Waals surface area contributed by atoms with Gasteiger partial charge in [-0.05, 0) is 52.8 Å². The maximum Gasteiger partial charge on any atom is 0.0994 e. The molecule has 0 amide bonds. The van der Waals surface area contributed by atoms with Crippen LogP contribution in [0.3, 0.4) is 0 Å². The van der Waals surface area contributed by atoms with E-state index in [0.717, 1.165) is 17.8 Å². The molecule has 0 spiro atoms. The van der Waals surface area contributed by atoms with Crippen molar-refractivity contribution in [1.82, 2.24) is 9.55 Å². The number of hydrogen-bond acceptors (Lipinski definition) is 2. The summed E-state index contributed by atoms with van der Waals surface area (Å²) >= 11 is 2.31. The highest BCUT2D eigenvalue weighted by Gasteiger charge is 2.13. The molecule has 3 aromatic rings. The van der Waals surface area contributed by atoms with Crippen LogP contribution in [0.1, 0.15) is 17.3 Å². The number of nitrogens with two attached hydrogens (primary N) is 1. The zero-order chi connectivity index (χ0) is 14.7. The number of halogens is 1. The summed E-state index contributed by atoms with van der Waals surface area (Å²) in [7, 11) is 0. The molecule has 1 heterocycles. The maximum atomic E-state index is 6.38. The van der Waals surface area contributed by atoms with E-state index in [1.165, 1.54) is 9.13 Å². The van der Waals surface area contributed by atoms with E-state index >= 15 is 0 Å². The Morgan fingerprint density at radius 1 is 1.10 bits per heavy atom. The second-order valence-electron chi connectivity index (χ2n) is 4.96. The molecule has 3 rings (SSSR count). The Labute approximate surface area is 138 Å². The lowest BCUT2D eigenvalue weighted by atomic mass is 10.0. The number of rotatable bonds is 4. The van der Waals surface area contributed by atoms with E-state index in [-0.39, 0.29) is 6.04 Å². The van der Waals surface area contributed by atoms with Crippen molar-refractivity contribution in [2.24, 2.45) is 5.73 Å². The lowest BCUT2D eigenvalue weighted by Gasteiger charge is -2.15. The van der Waals surface area contributed by atoms with Gasteiger partial charge in [0.05, 0.1) is 24.3 Å². The van der Waals surface area contributed by atoms with E-state index in [9.17, 15) is 0 Å². The van der Waals surface area contributed by atoms with Gasteiger partial charge in [-0.1, -0.05) is 36.4 Å². The molecule has 0 fully saturated rings. The molecule has 0 unspecified atom stereocenters. The Hall–Kier alpha value is -1.66. The third-order valence-corrected chi connectivity index (χ3v) is 4.10. The molecule has 3 nitrogen and oxygen atoms in total. The van der Waals surface area contributed by atoms with Gasteiger partial charge >= 0.3 is 0 Å². The van der Waals surface area contributed by atoms with E-state index in [1.807, 2.05) is 36.8 Å². The SMILES string of the molecule is N[C@H](Cc1ccccc1)c1cncn1-c1cccc(I)c1. The van der Waals surface area contributed by atoms with Crippen molar-refractivity contribution >= 4 is 22.6 Å². The molecule has 2 aromatic carbocycles. The first-order chi connectivity index (χ1) is 10.2. The molecule has 21 heavy (non-hydrogen) atoms. The van der Waals surface area contributed by atoms with E-state index in [2.05, 4.69) is 62.5 Å². The van der Waals surface area contributed by atoms with Crippen molar-refractivity contribution in [2.45, 2.75) is 12.5 Å². The molecular weight excluding hydrogens is 373 g/mol. The first-order valence-electron chi connectivity index (χ1n) is 6.82. The van der Waals surface area contributed by atoms with Gasteiger partial charge < -0.3 is 10.3 Å². The predicted molar refractivity (Wildman–Crippen MR) is 93.4 cm³/mol. The largest absolute Gasteiger partial charge is 0.322 e. The summed E-state index contributed by atoms with van der Waals surface area (Å²) in [6, 6.07) is 18.5. The maximum absolute atomic E-state index is 6.38. The van der Waals surface area contributed by atoms with E-state index in [1.54, 1.807) is 0 Å². The van der Waals surface area contributed by atoms with E-state index < -0.39 is 0 Å². The highest BCUT2D eigenvalue weighted by molar-refractivity contribution is 14.1. The molecule has 1 aromatic heterocycles. The quantitative estimate of drug-likeness (QED) is 0.692. The Bertz CT molecular complexity index is 722. The van der Waals surface area contributed by atoms with Gasteiger partial charge in [0, 0.05) is 9.26 Å². The van der Waals surface area contributed by atoms with Crippen LogP contribution in [0.15, 0.2) is 67.1 Å². The summed E-state index contributed by atoms with van der Waals surface area (Å²) in [5.74, 6) is 0. The summed E-state index contributed by atoms with van der Waals surface area (Å²) in [5, 5.41) is 0. The normalized spacial score (nSPS) is 12.3. The molecule has 106 valence electrons. The lowest BCUT2D eigenvalue weighted by molar-refractivity contribution is 0.678. The first kappa shape index (κ1) is 14.3. The zero-order valence-electron chi connectivity index (χ0n) is 11.5. The Morgan fingerprint density at radius 3 is 2.67 bits per heavy atom. The van der Waals surface area contributed by atoms with Crippen LogP contribution in [0, 0.1) is 3.57 Å². The van der Waals surface area contributed by atoms with Gasteiger partial charge in [0.2, 0.25) is 0 Å². The molecule has 0 saturated heterocycles. The Kier molecular flexibility index (Phi) is 4.36. The zero-order valence-corrected chi connectivity index (χ0v) is 13.6. The minimum absolute atomic E-state index is 0.0761. The lowest BCUT2D eigenvalue weighted by Crippen LogP contribution is -2.17. The predicted octanol–water partition coefficient (Wildman–Crippen LogP) is 3.72. The van der Waals surface area contributed by atoms with Crippen LogP contribution in [0.5, 0.6) is 0 Å². The molecule has 4 heteroatoms. The van der Waals surface area contributed by atoms with Gasteiger partial charge in [0.25, 0.3) is 0 Å². The highest BCUT2D eigenvalue weighted by Crippen LogP contribution is 2.20. The highest BCUT2D eigenvalue weighted by atomic mass is 127. The van der Waals surface area contributed by atoms with Gasteiger partial charge in [-0.25, -0.2) is 4.98 Å². The Balaban J connectivity index is 1.88. The molecule has 0 saturated carbocycles. The standard InChI is InChI=1S/C17H16IN3/c18-14-7-4-8-15(10-14)21-12-20-11-17(21)16(19)9-13-5-2-1-3-6-13/h1-8,10-12,16H,9,19H2/t16-/m1/s1. The van der Waals surface area contributed by atoms with Crippen LogP contribution in [-0.2, 0) is 6.42 Å². The van der Waals surface area contributed by atoms with Crippen LogP contribution in [0.2, 0.25) is 0 Å². The summed E-state index contributed by atoms with van der Waals surface area (Å²) in [6.45, 7) is 0. The van der Waals surface area contributed by atoms with Crippen molar-refractivity contribution in [3.05, 3.63) is 81.9 Å². The average molecular weight is 389 g/mol. The average Bonchev–Trinajstić information content (AvgIpc) is 2.98. The van der Waals surface area contributed by atoms with Crippen LogP contribution in [0.25, 0.3) is 5.69 Å². The number of aromatic nitrogens is 2. The molecule has 2 N–H and O–H groups in total. The molecule has 0 aliphatic carbocycles. The first-order valence-corrected chi connectivity index (χ1v) is 7.89. The Morgan fingerprint density at radius 2 is 1.90 bits per heavy atom. The van der Waals surface area contributed by atoms with Gasteiger partial charge in [0.1, 0.15) is 0 Å². The second-order valence-corrected chi connectivity index (χ2v) is 6.21. The molecule has 0 bridgehead atoms. The van der Waals surface area contributed by atoms with Crippen LogP contribution in [-0.4, -0.2) is 9.55 Å². The van der Waals surface area contributed by atoms with Gasteiger partial charge in [-0.3, -0.25) is 0 Å². The molecule has 0 radical (unpaired) electrons. The summed E-state index contributed by atoms with van der Waals surface area (Å²) in [4.78, 5) is 4.27. The second kappa shape index (κ2) is 6.41. The summed E-state index contributed by atoms with van der Waals surface area (Å²) in [5.41, 5.74) is 9.75. The van der Waals surface area contributed by atoms with E-state index in [4.69, 9.17) is 5.73 Å². The number of imidazole rings is 1. The van der Waals surface area contributed by atoms with Crippen LogP contribution in [0.4, 0.5) is 0 Å². The molecule has 1 atom stereocenters. The van der Waals surface area contributed by atoms with E-state index in [0.29, 0.717) is 0 Å². The van der Waals surface area contributed by atoms with Gasteiger partial charge in [-0.2, -0.15) is 0 Å². The third-order valence-electron chi connectivity index (χ3n) is 3.43. The monoisotopic (exact) mass is 389 g/mol. The van der Waals surface area contributed by atoms with Gasteiger partial charge in [0.15, 0.2) is 0 Å². The summed E-state index contributed by atoms with van der Waals surface area (Å²) in [6.07, 6.45) is 4.48. The minimum atomic E-state index is -0.0761. The number of hydrogen-bond donors (Lipinski definition) is 1. The van der Waals surface area contributed by atoms with Crippen LogP contribution >= 0.6 is 22.6 Å².